The second-order valence-corrected chi connectivity index (χ2v) is 7.77. The Bertz CT molecular complexity index is 618. The van der Waals surface area contributed by atoms with Crippen molar-refractivity contribution in [2.45, 2.75) is 49.3 Å². The predicted molar refractivity (Wildman–Crippen MR) is 78.3 cm³/mol. The molecule has 1 aromatic rings. The molecule has 2 aliphatic rings. The minimum absolute atomic E-state index is 0.0780. The number of alkyl halides is 3. The number of fused-ring (bicyclic) bond motifs is 2. The van der Waals surface area contributed by atoms with Gasteiger partial charge in [-0.15, -0.1) is 0 Å². The Kier molecular flexibility index (Phi) is 3.72. The lowest BCUT2D eigenvalue weighted by Gasteiger charge is -2.33. The van der Waals surface area contributed by atoms with Crippen LogP contribution >= 0.6 is 0 Å². The molecule has 114 valence electrons. The molecule has 0 aliphatic carbocycles. The lowest BCUT2D eigenvalue weighted by Crippen LogP contribution is -2.33. The first kappa shape index (κ1) is 14.8. The predicted octanol–water partition coefficient (Wildman–Crippen LogP) is 4.47. The van der Waals surface area contributed by atoms with Crippen LogP contribution in [-0.2, 0) is 17.0 Å². The minimum atomic E-state index is -4.30. The highest BCUT2D eigenvalue weighted by molar-refractivity contribution is 7.86. The number of hydrogen-bond acceptors (Lipinski definition) is 1. The first-order valence-electron chi connectivity index (χ1n) is 7.14. The van der Waals surface area contributed by atoms with E-state index in [4.69, 9.17) is 0 Å². The molecule has 0 N–H and O–H groups in total. The zero-order chi connectivity index (χ0) is 15.2. The summed E-state index contributed by atoms with van der Waals surface area (Å²) in [4.78, 5) is 0. The van der Waals surface area contributed by atoms with Gasteiger partial charge < -0.3 is 0 Å². The molecule has 0 radical (unpaired) electrons. The van der Waals surface area contributed by atoms with Gasteiger partial charge in [-0.05, 0) is 55.0 Å². The van der Waals surface area contributed by atoms with Crippen molar-refractivity contribution in [2.24, 2.45) is 0 Å². The molecule has 1 nitrogen and oxygen atoms in total. The highest BCUT2D eigenvalue weighted by atomic mass is 32.2. The molecule has 21 heavy (non-hydrogen) atoms. The van der Waals surface area contributed by atoms with Crippen molar-refractivity contribution < 1.29 is 17.4 Å². The molecular formula is C16H17F3OS. The van der Waals surface area contributed by atoms with E-state index in [0.717, 1.165) is 42.9 Å². The van der Waals surface area contributed by atoms with Crippen molar-refractivity contribution in [3.63, 3.8) is 0 Å². The molecule has 3 rings (SSSR count). The first-order chi connectivity index (χ1) is 9.86. The van der Waals surface area contributed by atoms with Crippen molar-refractivity contribution in [3.05, 3.63) is 41.0 Å². The molecule has 3 atom stereocenters. The topological polar surface area (TPSA) is 17.1 Å². The summed E-state index contributed by atoms with van der Waals surface area (Å²) >= 11 is 0. The van der Waals surface area contributed by atoms with Crippen LogP contribution in [0.5, 0.6) is 0 Å². The maximum Gasteiger partial charge on any atom is 0.416 e. The molecule has 2 heterocycles. The van der Waals surface area contributed by atoms with Gasteiger partial charge in [0.2, 0.25) is 0 Å². The normalized spacial score (nSPS) is 29.1. The Labute approximate surface area is 124 Å². The molecule has 1 fully saturated rings. The Balaban J connectivity index is 1.96. The molecule has 3 unspecified atom stereocenters. The van der Waals surface area contributed by atoms with Crippen LogP contribution in [-0.4, -0.2) is 14.7 Å². The largest absolute Gasteiger partial charge is 0.416 e. The van der Waals surface area contributed by atoms with E-state index in [1.54, 1.807) is 13.0 Å². The molecule has 0 saturated carbocycles. The van der Waals surface area contributed by atoms with Gasteiger partial charge in [-0.3, -0.25) is 4.21 Å². The summed E-state index contributed by atoms with van der Waals surface area (Å²) in [6.45, 7) is 1.72. The lowest BCUT2D eigenvalue weighted by molar-refractivity contribution is -0.137. The van der Waals surface area contributed by atoms with Gasteiger partial charge in [0.05, 0.1) is 10.8 Å². The van der Waals surface area contributed by atoms with E-state index in [2.05, 4.69) is 0 Å². The van der Waals surface area contributed by atoms with Gasteiger partial charge in [-0.25, -0.2) is 0 Å². The molecule has 2 bridgehead atoms. The maximum atomic E-state index is 12.7. The quantitative estimate of drug-likeness (QED) is 0.747. The molecule has 2 aliphatic heterocycles. The number of halogens is 3. The molecule has 0 spiro atoms. The third kappa shape index (κ3) is 2.80. The first-order valence-corrected chi connectivity index (χ1v) is 8.42. The highest BCUT2D eigenvalue weighted by Gasteiger charge is 2.35. The van der Waals surface area contributed by atoms with Crippen LogP contribution in [0.25, 0.3) is 5.57 Å². The van der Waals surface area contributed by atoms with Crippen LogP contribution < -0.4 is 0 Å². The number of rotatable bonds is 1. The number of hydrogen-bond donors (Lipinski definition) is 0. The van der Waals surface area contributed by atoms with Crippen LogP contribution in [0.3, 0.4) is 0 Å². The van der Waals surface area contributed by atoms with Crippen molar-refractivity contribution in [3.8, 4) is 0 Å². The third-order valence-electron chi connectivity index (χ3n) is 4.38. The number of allylic oxidation sites excluding steroid dienone is 1. The summed E-state index contributed by atoms with van der Waals surface area (Å²) in [6.07, 6.45) is 1.42. The summed E-state index contributed by atoms with van der Waals surface area (Å²) < 4.78 is 50.4. The summed E-state index contributed by atoms with van der Waals surface area (Å²) in [7, 11) is -0.812. The van der Waals surface area contributed by atoms with Gasteiger partial charge in [0.25, 0.3) is 0 Å². The van der Waals surface area contributed by atoms with Crippen molar-refractivity contribution in [2.75, 3.05) is 0 Å². The summed E-state index contributed by atoms with van der Waals surface area (Å²) in [5.41, 5.74) is 1.97. The smallest absolute Gasteiger partial charge is 0.259 e. The minimum Gasteiger partial charge on any atom is -0.259 e. The molecule has 1 aromatic carbocycles. The Hall–Kier alpha value is -1.10. The van der Waals surface area contributed by atoms with E-state index in [0.29, 0.717) is 5.56 Å². The Morgan fingerprint density at radius 1 is 1.24 bits per heavy atom. The van der Waals surface area contributed by atoms with Crippen molar-refractivity contribution >= 4 is 16.4 Å². The second kappa shape index (κ2) is 5.27. The van der Waals surface area contributed by atoms with Crippen LogP contribution in [0, 0.1) is 6.92 Å². The molecule has 5 heteroatoms. The molecule has 0 amide bonds. The number of benzene rings is 1. The molecule has 0 aromatic heterocycles. The van der Waals surface area contributed by atoms with Gasteiger partial charge in [-0.1, -0.05) is 18.6 Å². The van der Waals surface area contributed by atoms with Gasteiger partial charge in [0.15, 0.2) is 0 Å². The summed E-state index contributed by atoms with van der Waals surface area (Å²) in [5, 5.41) is 0.250. The fraction of sp³-hybridized carbons (Fsp3) is 0.500. The van der Waals surface area contributed by atoms with Crippen molar-refractivity contribution in [1.29, 1.82) is 0 Å². The summed E-state index contributed by atoms with van der Waals surface area (Å²) in [6, 6.07) is 3.91. The SMILES string of the molecule is Cc1cc(C(F)(F)F)ccc1C1=CC2CCCC(C1)S2=O. The fourth-order valence-electron chi connectivity index (χ4n) is 3.30. The summed E-state index contributed by atoms with van der Waals surface area (Å²) in [5.74, 6) is 0. The lowest BCUT2D eigenvalue weighted by atomic mass is 9.90. The van der Waals surface area contributed by atoms with Crippen LogP contribution in [0.4, 0.5) is 13.2 Å². The van der Waals surface area contributed by atoms with Crippen LogP contribution in [0.1, 0.15) is 42.4 Å². The van der Waals surface area contributed by atoms with Crippen LogP contribution in [0.15, 0.2) is 24.3 Å². The van der Waals surface area contributed by atoms with E-state index in [-0.39, 0.29) is 10.5 Å². The van der Waals surface area contributed by atoms with E-state index < -0.39 is 22.5 Å². The maximum absolute atomic E-state index is 12.7. The van der Waals surface area contributed by atoms with Crippen LogP contribution in [0.2, 0.25) is 0 Å². The average molecular weight is 314 g/mol. The Morgan fingerprint density at radius 2 is 2.00 bits per heavy atom. The van der Waals surface area contributed by atoms with E-state index >= 15 is 0 Å². The van der Waals surface area contributed by atoms with Crippen molar-refractivity contribution in [1.82, 2.24) is 0 Å². The fourth-order valence-corrected chi connectivity index (χ4v) is 5.23. The highest BCUT2D eigenvalue weighted by Crippen LogP contribution is 2.39. The Morgan fingerprint density at radius 3 is 2.62 bits per heavy atom. The van der Waals surface area contributed by atoms with E-state index in [9.17, 15) is 17.4 Å². The van der Waals surface area contributed by atoms with Gasteiger partial charge >= 0.3 is 6.18 Å². The van der Waals surface area contributed by atoms with Gasteiger partial charge in [0, 0.05) is 16.0 Å². The molecule has 1 saturated heterocycles. The molecular weight excluding hydrogens is 297 g/mol. The van der Waals surface area contributed by atoms with E-state index in [1.165, 1.54) is 6.07 Å². The number of aryl methyl sites for hydroxylation is 1. The monoisotopic (exact) mass is 314 g/mol. The zero-order valence-corrected chi connectivity index (χ0v) is 12.6. The standard InChI is InChI=1S/C16H17F3OS/c1-10-7-12(16(17,18)19)5-6-15(10)11-8-13-3-2-4-14(9-11)21(13)20/h5-8,13-14H,2-4,9H2,1H3. The van der Waals surface area contributed by atoms with Gasteiger partial charge in [-0.2, -0.15) is 13.2 Å². The second-order valence-electron chi connectivity index (χ2n) is 5.84. The average Bonchev–Trinajstić information content (AvgIpc) is 2.37. The van der Waals surface area contributed by atoms with E-state index in [1.807, 2.05) is 6.08 Å². The zero-order valence-electron chi connectivity index (χ0n) is 11.7. The third-order valence-corrected chi connectivity index (χ3v) is 6.40. The van der Waals surface area contributed by atoms with Gasteiger partial charge in [0.1, 0.15) is 0 Å².